The van der Waals surface area contributed by atoms with Gasteiger partial charge in [-0.3, -0.25) is 9.78 Å². The molecule has 4 nitrogen and oxygen atoms in total. The van der Waals surface area contributed by atoms with Crippen LogP contribution >= 0.6 is 0 Å². The molecule has 0 bridgehead atoms. The number of nitrogens with one attached hydrogen (secondary N) is 1. The van der Waals surface area contributed by atoms with Gasteiger partial charge in [0, 0.05) is 18.3 Å². The number of aromatic nitrogens is 1. The number of nitrogens with zero attached hydrogens (tertiary/aromatic N) is 1. The lowest BCUT2D eigenvalue weighted by atomic mass is 9.86. The fourth-order valence-corrected chi connectivity index (χ4v) is 3.17. The van der Waals surface area contributed by atoms with Gasteiger partial charge in [-0.1, -0.05) is 12.1 Å². The SMILES string of the molecule is O=C(NC(c1ccncc1)c1ccc(F)cc1)C1CCC(O)CC1. The standard InChI is InChI=1S/C19H21FN2O2/c20-16-5-1-13(2-6-16)18(14-9-11-21-12-10-14)22-19(24)15-3-7-17(23)8-4-15/h1-2,5-6,9-12,15,17-18,23H,3-4,7-8H2,(H,22,24). The number of aliphatic hydroxyl groups excluding tert-OH is 1. The van der Waals surface area contributed by atoms with Crippen LogP contribution in [0.25, 0.3) is 0 Å². The van der Waals surface area contributed by atoms with Gasteiger partial charge in [-0.25, -0.2) is 4.39 Å². The maximum atomic E-state index is 13.2. The Bertz CT molecular complexity index is 668. The number of hydrogen-bond donors (Lipinski definition) is 2. The van der Waals surface area contributed by atoms with Gasteiger partial charge in [0.1, 0.15) is 5.82 Å². The molecule has 0 radical (unpaired) electrons. The molecule has 3 rings (SSSR count). The van der Waals surface area contributed by atoms with Crippen LogP contribution in [0.15, 0.2) is 48.8 Å². The van der Waals surface area contributed by atoms with Gasteiger partial charge in [0.15, 0.2) is 0 Å². The number of aliphatic hydroxyl groups is 1. The first-order valence-corrected chi connectivity index (χ1v) is 8.27. The number of hydrogen-bond acceptors (Lipinski definition) is 3. The van der Waals surface area contributed by atoms with Crippen molar-refractivity contribution in [2.45, 2.75) is 37.8 Å². The summed E-state index contributed by atoms with van der Waals surface area (Å²) in [6.07, 6.45) is 5.77. The van der Waals surface area contributed by atoms with Crippen molar-refractivity contribution in [3.05, 3.63) is 65.7 Å². The maximum absolute atomic E-state index is 13.2. The molecule has 1 aliphatic carbocycles. The molecule has 2 aromatic rings. The fraction of sp³-hybridized carbons (Fsp3) is 0.368. The Morgan fingerprint density at radius 2 is 1.62 bits per heavy atom. The van der Waals surface area contributed by atoms with Gasteiger partial charge in [0.2, 0.25) is 5.91 Å². The third-order valence-electron chi connectivity index (χ3n) is 4.60. The second-order valence-electron chi connectivity index (χ2n) is 6.28. The van der Waals surface area contributed by atoms with E-state index < -0.39 is 0 Å². The summed E-state index contributed by atoms with van der Waals surface area (Å²) in [6, 6.07) is 9.52. The van der Waals surface area contributed by atoms with E-state index in [-0.39, 0.29) is 29.8 Å². The van der Waals surface area contributed by atoms with Gasteiger partial charge >= 0.3 is 0 Å². The quantitative estimate of drug-likeness (QED) is 0.907. The molecule has 1 unspecified atom stereocenters. The van der Waals surface area contributed by atoms with Crippen LogP contribution in [0.3, 0.4) is 0 Å². The van der Waals surface area contributed by atoms with E-state index in [9.17, 15) is 14.3 Å². The van der Waals surface area contributed by atoms with Crippen LogP contribution in [0.4, 0.5) is 4.39 Å². The summed E-state index contributed by atoms with van der Waals surface area (Å²) >= 11 is 0. The highest BCUT2D eigenvalue weighted by atomic mass is 19.1. The molecule has 24 heavy (non-hydrogen) atoms. The van der Waals surface area contributed by atoms with Gasteiger partial charge in [0.05, 0.1) is 12.1 Å². The number of benzene rings is 1. The summed E-state index contributed by atoms with van der Waals surface area (Å²) in [7, 11) is 0. The van der Waals surface area contributed by atoms with Crippen molar-refractivity contribution < 1.29 is 14.3 Å². The highest BCUT2D eigenvalue weighted by Crippen LogP contribution is 2.27. The Labute approximate surface area is 140 Å². The largest absolute Gasteiger partial charge is 0.393 e. The van der Waals surface area contributed by atoms with Gasteiger partial charge in [0.25, 0.3) is 0 Å². The zero-order valence-electron chi connectivity index (χ0n) is 13.4. The van der Waals surface area contributed by atoms with Crippen LogP contribution in [-0.2, 0) is 4.79 Å². The molecule has 1 amide bonds. The molecule has 1 aromatic heterocycles. The van der Waals surface area contributed by atoms with Crippen molar-refractivity contribution in [3.8, 4) is 0 Å². The summed E-state index contributed by atoms with van der Waals surface area (Å²) in [4.78, 5) is 16.7. The fourth-order valence-electron chi connectivity index (χ4n) is 3.17. The van der Waals surface area contributed by atoms with Crippen molar-refractivity contribution in [2.75, 3.05) is 0 Å². The summed E-state index contributed by atoms with van der Waals surface area (Å²) in [5, 5.41) is 12.7. The zero-order valence-corrected chi connectivity index (χ0v) is 13.4. The Hall–Kier alpha value is -2.27. The second-order valence-corrected chi connectivity index (χ2v) is 6.28. The highest BCUT2D eigenvalue weighted by Gasteiger charge is 2.27. The third-order valence-corrected chi connectivity index (χ3v) is 4.60. The smallest absolute Gasteiger partial charge is 0.223 e. The first kappa shape index (κ1) is 16.6. The van der Waals surface area contributed by atoms with Crippen molar-refractivity contribution in [2.24, 2.45) is 5.92 Å². The molecule has 0 spiro atoms. The molecule has 0 aliphatic heterocycles. The van der Waals surface area contributed by atoms with Crippen molar-refractivity contribution in [3.63, 3.8) is 0 Å². The van der Waals surface area contributed by atoms with Crippen molar-refractivity contribution in [1.82, 2.24) is 10.3 Å². The van der Waals surface area contributed by atoms with E-state index in [1.54, 1.807) is 24.5 Å². The van der Waals surface area contributed by atoms with Gasteiger partial charge in [-0.15, -0.1) is 0 Å². The van der Waals surface area contributed by atoms with E-state index in [0.717, 1.165) is 11.1 Å². The predicted molar refractivity (Wildman–Crippen MR) is 88.6 cm³/mol. The number of halogens is 1. The van der Waals surface area contributed by atoms with Gasteiger partial charge in [-0.05, 0) is 61.1 Å². The Balaban J connectivity index is 1.80. The minimum atomic E-state index is -0.340. The molecular formula is C19H21FN2O2. The minimum absolute atomic E-state index is 0.0203. The molecule has 1 aliphatic rings. The van der Waals surface area contributed by atoms with E-state index in [2.05, 4.69) is 10.3 Å². The molecule has 1 saturated carbocycles. The van der Waals surface area contributed by atoms with E-state index in [0.29, 0.717) is 25.7 Å². The highest BCUT2D eigenvalue weighted by molar-refractivity contribution is 5.79. The summed E-state index contributed by atoms with van der Waals surface area (Å²) in [5.74, 6) is -0.411. The van der Waals surface area contributed by atoms with Crippen LogP contribution in [0, 0.1) is 11.7 Å². The first-order chi connectivity index (χ1) is 11.6. The average Bonchev–Trinajstić information content (AvgIpc) is 2.62. The van der Waals surface area contributed by atoms with E-state index in [1.807, 2.05) is 12.1 Å². The van der Waals surface area contributed by atoms with Crippen molar-refractivity contribution in [1.29, 1.82) is 0 Å². The van der Waals surface area contributed by atoms with Crippen molar-refractivity contribution >= 4 is 5.91 Å². The summed E-state index contributed by atoms with van der Waals surface area (Å²) < 4.78 is 13.2. The lowest BCUT2D eigenvalue weighted by Crippen LogP contribution is -2.37. The van der Waals surface area contributed by atoms with Crippen LogP contribution in [0.1, 0.15) is 42.9 Å². The summed E-state index contributed by atoms with van der Waals surface area (Å²) in [6.45, 7) is 0. The van der Waals surface area contributed by atoms with Crippen LogP contribution < -0.4 is 5.32 Å². The topological polar surface area (TPSA) is 62.2 Å². The average molecular weight is 328 g/mol. The van der Waals surface area contributed by atoms with E-state index in [1.165, 1.54) is 12.1 Å². The molecule has 126 valence electrons. The predicted octanol–water partition coefficient (Wildman–Crippen LogP) is 2.98. The van der Waals surface area contributed by atoms with Crippen LogP contribution in [0.2, 0.25) is 0 Å². The lowest BCUT2D eigenvalue weighted by Gasteiger charge is -2.27. The van der Waals surface area contributed by atoms with E-state index in [4.69, 9.17) is 0 Å². The molecule has 5 heteroatoms. The molecule has 2 N–H and O–H groups in total. The van der Waals surface area contributed by atoms with Gasteiger partial charge < -0.3 is 10.4 Å². The number of amides is 1. The van der Waals surface area contributed by atoms with Crippen LogP contribution in [0.5, 0.6) is 0 Å². The Kier molecular flexibility index (Phi) is 5.20. The maximum Gasteiger partial charge on any atom is 0.223 e. The molecule has 1 aromatic carbocycles. The number of carbonyl (C=O) groups excluding carboxylic acids is 1. The zero-order chi connectivity index (χ0) is 16.9. The number of pyridine rings is 1. The Morgan fingerprint density at radius 1 is 1.04 bits per heavy atom. The normalized spacial score (nSPS) is 21.9. The lowest BCUT2D eigenvalue weighted by molar-refractivity contribution is -0.127. The molecule has 1 heterocycles. The Morgan fingerprint density at radius 3 is 2.25 bits per heavy atom. The van der Waals surface area contributed by atoms with Gasteiger partial charge in [-0.2, -0.15) is 0 Å². The summed E-state index contributed by atoms with van der Waals surface area (Å²) in [5.41, 5.74) is 1.73. The molecule has 1 fully saturated rings. The van der Waals surface area contributed by atoms with E-state index >= 15 is 0 Å². The monoisotopic (exact) mass is 328 g/mol. The third kappa shape index (κ3) is 3.97. The number of rotatable bonds is 4. The molecule has 0 saturated heterocycles. The second kappa shape index (κ2) is 7.53. The number of carbonyl (C=O) groups is 1. The van der Waals surface area contributed by atoms with Crippen LogP contribution in [-0.4, -0.2) is 22.1 Å². The molecule has 1 atom stereocenters. The molecular weight excluding hydrogens is 307 g/mol. The first-order valence-electron chi connectivity index (χ1n) is 8.27. The minimum Gasteiger partial charge on any atom is -0.393 e.